The number of carbonyl (C=O) groups is 1. The Hall–Kier alpha value is -2.09. The van der Waals surface area contributed by atoms with Gasteiger partial charge in [-0.25, -0.2) is 8.42 Å². The summed E-state index contributed by atoms with van der Waals surface area (Å²) in [6, 6.07) is 12.3. The van der Waals surface area contributed by atoms with Crippen LogP contribution in [-0.4, -0.2) is 38.8 Å². The predicted molar refractivity (Wildman–Crippen MR) is 117 cm³/mol. The molecule has 0 bridgehead atoms. The fourth-order valence-corrected chi connectivity index (χ4v) is 5.49. The monoisotopic (exact) mass is 450 g/mol. The van der Waals surface area contributed by atoms with Crippen molar-refractivity contribution in [3.05, 3.63) is 58.6 Å². The van der Waals surface area contributed by atoms with E-state index < -0.39 is 10.0 Å². The fourth-order valence-electron chi connectivity index (χ4n) is 3.65. The van der Waals surface area contributed by atoms with E-state index in [1.54, 1.807) is 24.3 Å². The molecule has 1 fully saturated rings. The molecule has 0 aliphatic carbocycles. The lowest BCUT2D eigenvalue weighted by molar-refractivity contribution is -0.126. The molecule has 1 saturated heterocycles. The smallest absolute Gasteiger partial charge is 0.246 e. The Morgan fingerprint density at radius 2 is 1.80 bits per heavy atom. The van der Waals surface area contributed by atoms with Crippen molar-refractivity contribution in [2.24, 2.45) is 5.92 Å². The van der Waals surface area contributed by atoms with Crippen molar-refractivity contribution in [1.82, 2.24) is 9.62 Å². The lowest BCUT2D eigenvalue weighted by Gasteiger charge is -2.31. The van der Waals surface area contributed by atoms with Crippen molar-refractivity contribution < 1.29 is 17.9 Å². The van der Waals surface area contributed by atoms with Crippen LogP contribution >= 0.6 is 11.6 Å². The molecule has 2 aromatic carbocycles. The van der Waals surface area contributed by atoms with Crippen molar-refractivity contribution in [2.45, 2.75) is 37.6 Å². The van der Waals surface area contributed by atoms with Gasteiger partial charge in [0.1, 0.15) is 10.6 Å². The lowest BCUT2D eigenvalue weighted by Crippen LogP contribution is -2.43. The van der Waals surface area contributed by atoms with Gasteiger partial charge in [0.25, 0.3) is 0 Å². The van der Waals surface area contributed by atoms with E-state index in [9.17, 15) is 13.2 Å². The van der Waals surface area contributed by atoms with Gasteiger partial charge in [-0.1, -0.05) is 29.8 Å². The van der Waals surface area contributed by atoms with Crippen LogP contribution in [0.4, 0.5) is 0 Å². The molecule has 3 rings (SSSR count). The summed E-state index contributed by atoms with van der Waals surface area (Å²) in [6.45, 7) is 4.36. The lowest BCUT2D eigenvalue weighted by atomic mass is 9.96. The third-order valence-electron chi connectivity index (χ3n) is 5.49. The van der Waals surface area contributed by atoms with E-state index in [2.05, 4.69) is 5.32 Å². The zero-order chi connectivity index (χ0) is 21.9. The normalized spacial score (nSPS) is 16.8. The highest BCUT2D eigenvalue weighted by Gasteiger charge is 2.34. The summed E-state index contributed by atoms with van der Waals surface area (Å²) in [5.74, 6) is 0.0606. The zero-order valence-corrected chi connectivity index (χ0v) is 19.0. The van der Waals surface area contributed by atoms with E-state index in [1.807, 2.05) is 32.0 Å². The quantitative estimate of drug-likeness (QED) is 0.723. The number of piperidine rings is 1. The predicted octanol–water partition coefficient (Wildman–Crippen LogP) is 3.94. The average Bonchev–Trinajstić information content (AvgIpc) is 2.74. The van der Waals surface area contributed by atoms with Gasteiger partial charge in [0.2, 0.25) is 15.9 Å². The first-order valence-corrected chi connectivity index (χ1v) is 11.7. The molecular formula is C22H27ClN2O4S. The van der Waals surface area contributed by atoms with Gasteiger partial charge in [0, 0.05) is 24.0 Å². The maximum absolute atomic E-state index is 13.1. The van der Waals surface area contributed by atoms with Crippen LogP contribution in [0.15, 0.2) is 47.4 Å². The van der Waals surface area contributed by atoms with Crippen LogP contribution < -0.4 is 10.1 Å². The average molecular weight is 451 g/mol. The summed E-state index contributed by atoms with van der Waals surface area (Å²) < 4.78 is 32.9. The SMILES string of the molecule is COc1ccc(C)cc1S(=O)(=O)N1CCC(C(=O)NC(C)c2ccc(Cl)cc2)CC1. The number of benzene rings is 2. The summed E-state index contributed by atoms with van der Waals surface area (Å²) in [7, 11) is -2.22. The molecular weight excluding hydrogens is 424 g/mol. The summed E-state index contributed by atoms with van der Waals surface area (Å²) >= 11 is 5.92. The van der Waals surface area contributed by atoms with Crippen LogP contribution in [0.5, 0.6) is 5.75 Å². The summed E-state index contributed by atoms with van der Waals surface area (Å²) in [6.07, 6.45) is 0.957. The van der Waals surface area contributed by atoms with Crippen LogP contribution in [0.2, 0.25) is 5.02 Å². The van der Waals surface area contributed by atoms with E-state index in [1.165, 1.54) is 11.4 Å². The Bertz CT molecular complexity index is 1000. The maximum Gasteiger partial charge on any atom is 0.246 e. The Kier molecular flexibility index (Phi) is 7.06. The number of nitrogens with zero attached hydrogens (tertiary/aromatic N) is 1. The van der Waals surface area contributed by atoms with E-state index in [0.29, 0.717) is 36.7 Å². The van der Waals surface area contributed by atoms with Crippen molar-refractivity contribution >= 4 is 27.5 Å². The van der Waals surface area contributed by atoms with Crippen LogP contribution in [0, 0.1) is 12.8 Å². The zero-order valence-electron chi connectivity index (χ0n) is 17.4. The molecule has 30 heavy (non-hydrogen) atoms. The van der Waals surface area contributed by atoms with Crippen molar-refractivity contribution in [3.8, 4) is 5.75 Å². The number of sulfonamides is 1. The molecule has 0 spiro atoms. The van der Waals surface area contributed by atoms with Gasteiger partial charge < -0.3 is 10.1 Å². The summed E-state index contributed by atoms with van der Waals surface area (Å²) in [5, 5.41) is 3.68. The molecule has 2 aromatic rings. The molecule has 1 atom stereocenters. The second kappa shape index (κ2) is 9.37. The third-order valence-corrected chi connectivity index (χ3v) is 7.66. The number of rotatable bonds is 6. The van der Waals surface area contributed by atoms with Crippen LogP contribution in [0.3, 0.4) is 0 Å². The number of amides is 1. The molecule has 1 unspecified atom stereocenters. The van der Waals surface area contributed by atoms with Gasteiger partial charge in [-0.15, -0.1) is 0 Å². The number of hydrogen-bond acceptors (Lipinski definition) is 4. The fraction of sp³-hybridized carbons (Fsp3) is 0.409. The molecule has 0 aromatic heterocycles. The molecule has 6 nitrogen and oxygen atoms in total. The van der Waals surface area contributed by atoms with Gasteiger partial charge in [-0.3, -0.25) is 4.79 Å². The van der Waals surface area contributed by atoms with Crippen molar-refractivity contribution in [1.29, 1.82) is 0 Å². The largest absolute Gasteiger partial charge is 0.495 e. The van der Waals surface area contributed by atoms with E-state index in [-0.39, 0.29) is 22.8 Å². The minimum absolute atomic E-state index is 0.0531. The number of methoxy groups -OCH3 is 1. The Labute approximate surface area is 183 Å². The standard InChI is InChI=1S/C22H27ClN2O4S/c1-15-4-9-20(29-3)21(14-15)30(27,28)25-12-10-18(11-13-25)22(26)24-16(2)17-5-7-19(23)8-6-17/h4-9,14,16,18H,10-13H2,1-3H3,(H,24,26). The van der Waals surface area contributed by atoms with Crippen LogP contribution in [0.1, 0.15) is 36.9 Å². The van der Waals surface area contributed by atoms with Crippen LogP contribution in [0.25, 0.3) is 0 Å². The first kappa shape index (κ1) is 22.6. The third kappa shape index (κ3) is 4.96. The Balaban J connectivity index is 1.63. The summed E-state index contributed by atoms with van der Waals surface area (Å²) in [5.41, 5.74) is 1.82. The van der Waals surface area contributed by atoms with E-state index >= 15 is 0 Å². The highest BCUT2D eigenvalue weighted by Crippen LogP contribution is 2.30. The molecule has 0 radical (unpaired) electrons. The maximum atomic E-state index is 13.1. The molecule has 1 heterocycles. The highest BCUT2D eigenvalue weighted by atomic mass is 35.5. The number of carbonyl (C=O) groups excluding carboxylic acids is 1. The summed E-state index contributed by atoms with van der Waals surface area (Å²) in [4.78, 5) is 12.9. The molecule has 1 N–H and O–H groups in total. The molecule has 1 aliphatic rings. The molecule has 1 aliphatic heterocycles. The van der Waals surface area contributed by atoms with Crippen LogP contribution in [-0.2, 0) is 14.8 Å². The van der Waals surface area contributed by atoms with Gasteiger partial charge in [-0.05, 0) is 62.1 Å². The van der Waals surface area contributed by atoms with Gasteiger partial charge in [0.15, 0.2) is 0 Å². The minimum Gasteiger partial charge on any atom is -0.495 e. The highest BCUT2D eigenvalue weighted by molar-refractivity contribution is 7.89. The van der Waals surface area contributed by atoms with Gasteiger partial charge in [0.05, 0.1) is 13.2 Å². The molecule has 8 heteroatoms. The molecule has 0 saturated carbocycles. The first-order chi connectivity index (χ1) is 14.2. The molecule has 162 valence electrons. The van der Waals surface area contributed by atoms with E-state index in [4.69, 9.17) is 16.3 Å². The second-order valence-electron chi connectivity index (χ2n) is 7.61. The minimum atomic E-state index is -3.68. The number of hydrogen-bond donors (Lipinski definition) is 1. The number of ether oxygens (including phenoxy) is 1. The Morgan fingerprint density at radius 1 is 1.17 bits per heavy atom. The Morgan fingerprint density at radius 3 is 2.40 bits per heavy atom. The van der Waals surface area contributed by atoms with Crippen molar-refractivity contribution in [3.63, 3.8) is 0 Å². The topological polar surface area (TPSA) is 75.7 Å². The second-order valence-corrected chi connectivity index (χ2v) is 9.96. The van der Waals surface area contributed by atoms with Gasteiger partial charge in [-0.2, -0.15) is 4.31 Å². The van der Waals surface area contributed by atoms with Crippen molar-refractivity contribution in [2.75, 3.05) is 20.2 Å². The number of nitrogens with one attached hydrogen (secondary N) is 1. The molecule has 1 amide bonds. The first-order valence-electron chi connectivity index (χ1n) is 9.93. The van der Waals surface area contributed by atoms with E-state index in [0.717, 1.165) is 11.1 Å². The number of halogens is 1. The number of aryl methyl sites for hydroxylation is 1. The van der Waals surface area contributed by atoms with Gasteiger partial charge >= 0.3 is 0 Å².